The van der Waals surface area contributed by atoms with E-state index in [2.05, 4.69) is 10.4 Å². The van der Waals surface area contributed by atoms with Crippen molar-refractivity contribution < 1.29 is 17.9 Å². The molecule has 1 atom stereocenters. The molecule has 0 aliphatic carbocycles. The van der Waals surface area contributed by atoms with Gasteiger partial charge in [0.1, 0.15) is 5.75 Å². The summed E-state index contributed by atoms with van der Waals surface area (Å²) >= 11 is 0. The maximum Gasteiger partial charge on any atom is 0.416 e. The Morgan fingerprint density at radius 1 is 1.19 bits per heavy atom. The molecule has 0 saturated heterocycles. The summed E-state index contributed by atoms with van der Waals surface area (Å²) in [5.74, 6) is 5.91. The highest BCUT2D eigenvalue weighted by molar-refractivity contribution is 5.43. The van der Waals surface area contributed by atoms with Gasteiger partial charge in [-0.05, 0) is 12.1 Å². The number of hydrazine groups is 1. The molecule has 0 radical (unpaired) electrons. The molecule has 1 aromatic heterocycles. The number of benzene rings is 1. The van der Waals surface area contributed by atoms with Crippen LogP contribution in [0.3, 0.4) is 0 Å². The SMILES string of the molecule is COc1ccccc1C(NN)c1cnccc1C(F)(F)F. The third-order valence-electron chi connectivity index (χ3n) is 3.08. The van der Waals surface area contributed by atoms with Gasteiger partial charge in [-0.15, -0.1) is 0 Å². The standard InChI is InChI=1S/C14H14F3N3O/c1-21-12-5-3-2-4-9(12)13(20-18)10-8-19-7-6-11(10)14(15,16)17/h2-8,13,20H,18H2,1H3. The van der Waals surface area contributed by atoms with Crippen LogP contribution in [-0.4, -0.2) is 12.1 Å². The number of methoxy groups -OCH3 is 1. The van der Waals surface area contributed by atoms with E-state index in [4.69, 9.17) is 10.6 Å². The average Bonchev–Trinajstić information content (AvgIpc) is 2.48. The minimum atomic E-state index is -4.49. The predicted octanol–water partition coefficient (Wildman–Crippen LogP) is 2.66. The molecule has 2 aromatic rings. The van der Waals surface area contributed by atoms with Crippen molar-refractivity contribution in [1.29, 1.82) is 0 Å². The summed E-state index contributed by atoms with van der Waals surface area (Å²) in [6.45, 7) is 0. The lowest BCUT2D eigenvalue weighted by Crippen LogP contribution is -2.31. The van der Waals surface area contributed by atoms with E-state index < -0.39 is 17.8 Å². The number of hydrogen-bond acceptors (Lipinski definition) is 4. The third kappa shape index (κ3) is 3.14. The largest absolute Gasteiger partial charge is 0.496 e. The van der Waals surface area contributed by atoms with Crippen LogP contribution in [0.2, 0.25) is 0 Å². The molecule has 3 N–H and O–H groups in total. The number of pyridine rings is 1. The smallest absolute Gasteiger partial charge is 0.416 e. The van der Waals surface area contributed by atoms with Crippen molar-refractivity contribution in [2.45, 2.75) is 12.2 Å². The highest BCUT2D eigenvalue weighted by atomic mass is 19.4. The van der Waals surface area contributed by atoms with Crippen molar-refractivity contribution >= 4 is 0 Å². The number of halogens is 3. The molecule has 1 aromatic carbocycles. The fourth-order valence-corrected chi connectivity index (χ4v) is 2.15. The van der Waals surface area contributed by atoms with Crippen molar-refractivity contribution in [3.8, 4) is 5.75 Å². The Labute approximate surface area is 119 Å². The number of hydrogen-bond donors (Lipinski definition) is 2. The first-order chi connectivity index (χ1) is 9.99. The van der Waals surface area contributed by atoms with Gasteiger partial charge in [0.2, 0.25) is 0 Å². The van der Waals surface area contributed by atoms with E-state index in [1.807, 2.05) is 0 Å². The normalized spacial score (nSPS) is 13.0. The van der Waals surface area contributed by atoms with Crippen LogP contribution >= 0.6 is 0 Å². The summed E-state index contributed by atoms with van der Waals surface area (Å²) in [4.78, 5) is 3.77. The second-order valence-electron chi connectivity index (χ2n) is 4.30. The highest BCUT2D eigenvalue weighted by Crippen LogP contribution is 2.37. The zero-order valence-corrected chi connectivity index (χ0v) is 11.2. The molecule has 4 nitrogen and oxygen atoms in total. The van der Waals surface area contributed by atoms with Gasteiger partial charge in [-0.1, -0.05) is 18.2 Å². The second-order valence-corrected chi connectivity index (χ2v) is 4.30. The molecule has 7 heteroatoms. The number of alkyl halides is 3. The molecule has 0 bridgehead atoms. The van der Waals surface area contributed by atoms with Crippen LogP contribution in [0.15, 0.2) is 42.7 Å². The quantitative estimate of drug-likeness (QED) is 0.673. The van der Waals surface area contributed by atoms with Gasteiger partial charge in [-0.3, -0.25) is 10.8 Å². The lowest BCUT2D eigenvalue weighted by Gasteiger charge is -2.22. The Morgan fingerprint density at radius 3 is 2.52 bits per heavy atom. The number of nitrogens with zero attached hydrogens (tertiary/aromatic N) is 1. The Morgan fingerprint density at radius 2 is 1.90 bits per heavy atom. The van der Waals surface area contributed by atoms with Crippen LogP contribution in [-0.2, 0) is 6.18 Å². The zero-order chi connectivity index (χ0) is 15.5. The molecule has 0 aliphatic rings. The third-order valence-corrected chi connectivity index (χ3v) is 3.08. The fourth-order valence-electron chi connectivity index (χ4n) is 2.15. The minimum absolute atomic E-state index is 0.0583. The molecular weight excluding hydrogens is 283 g/mol. The van der Waals surface area contributed by atoms with Crippen molar-refractivity contribution in [3.63, 3.8) is 0 Å². The van der Waals surface area contributed by atoms with Crippen LogP contribution in [0.1, 0.15) is 22.7 Å². The Balaban J connectivity index is 2.58. The summed E-state index contributed by atoms with van der Waals surface area (Å²) in [5.41, 5.74) is 2.06. The molecule has 0 fully saturated rings. The summed E-state index contributed by atoms with van der Waals surface area (Å²) in [5, 5.41) is 0. The van der Waals surface area contributed by atoms with Crippen molar-refractivity contribution in [3.05, 3.63) is 59.4 Å². The lowest BCUT2D eigenvalue weighted by atomic mass is 9.95. The molecule has 21 heavy (non-hydrogen) atoms. The van der Waals surface area contributed by atoms with Crippen molar-refractivity contribution in [1.82, 2.24) is 10.4 Å². The number of rotatable bonds is 4. The van der Waals surface area contributed by atoms with E-state index in [1.165, 1.54) is 7.11 Å². The van der Waals surface area contributed by atoms with Crippen LogP contribution < -0.4 is 16.0 Å². The maximum absolute atomic E-state index is 13.1. The molecule has 0 saturated carbocycles. The van der Waals surface area contributed by atoms with Crippen LogP contribution in [0, 0.1) is 0 Å². The summed E-state index contributed by atoms with van der Waals surface area (Å²) in [7, 11) is 1.44. The fraction of sp³-hybridized carbons (Fsp3) is 0.214. The maximum atomic E-state index is 13.1. The molecule has 112 valence electrons. The molecule has 0 amide bonds. The van der Waals surface area contributed by atoms with Crippen LogP contribution in [0.4, 0.5) is 13.2 Å². The summed E-state index contributed by atoms with van der Waals surface area (Å²) < 4.78 is 44.5. The Kier molecular flexibility index (Phi) is 4.44. The van der Waals surface area contributed by atoms with Gasteiger partial charge in [0.15, 0.2) is 0 Å². The number of nitrogens with two attached hydrogens (primary N) is 1. The van der Waals surface area contributed by atoms with E-state index in [1.54, 1.807) is 24.3 Å². The van der Waals surface area contributed by atoms with Gasteiger partial charge in [-0.2, -0.15) is 13.2 Å². The molecule has 1 unspecified atom stereocenters. The first-order valence-electron chi connectivity index (χ1n) is 6.09. The molecule has 1 heterocycles. The molecule has 0 spiro atoms. The Hall–Kier alpha value is -2.12. The molecular formula is C14H14F3N3O. The van der Waals surface area contributed by atoms with Crippen LogP contribution in [0.25, 0.3) is 0 Å². The summed E-state index contributed by atoms with van der Waals surface area (Å²) in [6, 6.07) is 6.77. The number of para-hydroxylation sites is 1. The van der Waals surface area contributed by atoms with E-state index >= 15 is 0 Å². The minimum Gasteiger partial charge on any atom is -0.496 e. The predicted molar refractivity (Wildman–Crippen MR) is 71.4 cm³/mol. The number of aromatic nitrogens is 1. The monoisotopic (exact) mass is 297 g/mol. The average molecular weight is 297 g/mol. The van der Waals surface area contributed by atoms with Gasteiger partial charge in [0, 0.05) is 23.5 Å². The molecule has 2 rings (SSSR count). The first-order valence-corrected chi connectivity index (χ1v) is 6.09. The first kappa shape index (κ1) is 15.3. The van der Waals surface area contributed by atoms with E-state index in [-0.39, 0.29) is 5.56 Å². The van der Waals surface area contributed by atoms with Crippen LogP contribution in [0.5, 0.6) is 5.75 Å². The number of ether oxygens (including phenoxy) is 1. The van der Waals surface area contributed by atoms with Crippen molar-refractivity contribution in [2.24, 2.45) is 5.84 Å². The van der Waals surface area contributed by atoms with E-state index in [0.717, 1.165) is 18.5 Å². The second kappa shape index (κ2) is 6.11. The highest BCUT2D eigenvalue weighted by Gasteiger charge is 2.36. The van der Waals surface area contributed by atoms with Crippen molar-refractivity contribution in [2.75, 3.05) is 7.11 Å². The van der Waals surface area contributed by atoms with Gasteiger partial charge in [0.05, 0.1) is 18.7 Å². The van der Waals surface area contributed by atoms with E-state index in [0.29, 0.717) is 11.3 Å². The van der Waals surface area contributed by atoms with Gasteiger partial charge < -0.3 is 4.74 Å². The lowest BCUT2D eigenvalue weighted by molar-refractivity contribution is -0.138. The van der Waals surface area contributed by atoms with Gasteiger partial charge >= 0.3 is 6.18 Å². The molecule has 0 aliphatic heterocycles. The number of nitrogens with one attached hydrogen (secondary N) is 1. The Bertz CT molecular complexity index is 616. The van der Waals surface area contributed by atoms with Gasteiger partial charge in [0.25, 0.3) is 0 Å². The van der Waals surface area contributed by atoms with Gasteiger partial charge in [-0.25, -0.2) is 5.43 Å². The van der Waals surface area contributed by atoms with E-state index in [9.17, 15) is 13.2 Å². The zero-order valence-electron chi connectivity index (χ0n) is 11.2. The summed E-state index contributed by atoms with van der Waals surface area (Å²) in [6.07, 6.45) is -2.24. The topological polar surface area (TPSA) is 60.2 Å².